The highest BCUT2D eigenvalue weighted by atomic mass is 32.2. The van der Waals surface area contributed by atoms with E-state index in [1.54, 1.807) is 11.8 Å². The van der Waals surface area contributed by atoms with Crippen LogP contribution in [0.1, 0.15) is 39.0 Å². The molecule has 1 aliphatic carbocycles. The number of nitrogens with one attached hydrogen (secondary N) is 1. The second-order valence-corrected chi connectivity index (χ2v) is 6.83. The zero-order chi connectivity index (χ0) is 14.4. The average Bonchev–Trinajstić information content (AvgIpc) is 2.50. The molecule has 3 N–H and O–H groups in total. The highest BCUT2D eigenvalue weighted by molar-refractivity contribution is 7.99. The van der Waals surface area contributed by atoms with E-state index in [0.29, 0.717) is 12.0 Å². The fourth-order valence-corrected chi connectivity index (χ4v) is 4.17. The molecule has 0 heterocycles. The van der Waals surface area contributed by atoms with Crippen LogP contribution in [0.2, 0.25) is 0 Å². The predicted octanol–water partition coefficient (Wildman–Crippen LogP) is 3.97. The first-order valence-corrected chi connectivity index (χ1v) is 8.56. The minimum Gasteiger partial charge on any atom is -0.271 e. The Morgan fingerprint density at radius 1 is 1.35 bits per heavy atom. The van der Waals surface area contributed by atoms with Gasteiger partial charge < -0.3 is 0 Å². The van der Waals surface area contributed by atoms with E-state index in [1.807, 2.05) is 12.1 Å². The molecule has 1 fully saturated rings. The number of hydrazine groups is 1. The topological polar surface area (TPSA) is 38.0 Å². The number of hydrogen-bond acceptors (Lipinski definition) is 3. The molecule has 1 aliphatic rings. The van der Waals surface area contributed by atoms with E-state index in [-0.39, 0.29) is 5.82 Å². The van der Waals surface area contributed by atoms with Gasteiger partial charge in [-0.05, 0) is 48.9 Å². The van der Waals surface area contributed by atoms with Crippen molar-refractivity contribution in [1.82, 2.24) is 5.43 Å². The third-order valence-corrected chi connectivity index (χ3v) is 5.56. The molecule has 1 saturated carbocycles. The summed E-state index contributed by atoms with van der Waals surface area (Å²) in [6.45, 7) is 2.28. The quantitative estimate of drug-likeness (QED) is 0.474. The maximum Gasteiger partial charge on any atom is 0.123 e. The minimum absolute atomic E-state index is 0.180. The standard InChI is InChI=1S/C16H25FN2S/c1-2-12-4-3-5-13(10-12)16(19-18)11-20-15-8-6-14(17)7-9-15/h6-9,12-13,16,19H,2-5,10-11,18H2,1H3. The number of hydrogen-bond donors (Lipinski definition) is 2. The smallest absolute Gasteiger partial charge is 0.123 e. The fraction of sp³-hybridized carbons (Fsp3) is 0.625. The highest BCUT2D eigenvalue weighted by Crippen LogP contribution is 2.34. The van der Waals surface area contributed by atoms with Crippen molar-refractivity contribution in [2.24, 2.45) is 17.7 Å². The van der Waals surface area contributed by atoms with Crippen LogP contribution >= 0.6 is 11.8 Å². The van der Waals surface area contributed by atoms with Crippen LogP contribution < -0.4 is 11.3 Å². The molecule has 1 aromatic rings. The maximum atomic E-state index is 12.9. The Kier molecular flexibility index (Phi) is 6.33. The van der Waals surface area contributed by atoms with Crippen LogP contribution in [-0.2, 0) is 0 Å². The number of rotatable bonds is 6. The predicted molar refractivity (Wildman–Crippen MR) is 84.0 cm³/mol. The first kappa shape index (κ1) is 15.8. The highest BCUT2D eigenvalue weighted by Gasteiger charge is 2.27. The van der Waals surface area contributed by atoms with E-state index in [9.17, 15) is 4.39 Å². The molecule has 0 amide bonds. The summed E-state index contributed by atoms with van der Waals surface area (Å²) in [5, 5.41) is 0. The molecule has 0 aromatic heterocycles. The molecule has 3 atom stereocenters. The van der Waals surface area contributed by atoms with Crippen molar-refractivity contribution in [1.29, 1.82) is 0 Å². The van der Waals surface area contributed by atoms with E-state index in [1.165, 1.54) is 44.2 Å². The van der Waals surface area contributed by atoms with Crippen molar-refractivity contribution >= 4 is 11.8 Å². The van der Waals surface area contributed by atoms with Gasteiger partial charge >= 0.3 is 0 Å². The Morgan fingerprint density at radius 2 is 2.10 bits per heavy atom. The van der Waals surface area contributed by atoms with Gasteiger partial charge in [-0.3, -0.25) is 11.3 Å². The van der Waals surface area contributed by atoms with Gasteiger partial charge in [0.2, 0.25) is 0 Å². The molecule has 0 spiro atoms. The van der Waals surface area contributed by atoms with Gasteiger partial charge in [0, 0.05) is 16.7 Å². The molecule has 20 heavy (non-hydrogen) atoms. The summed E-state index contributed by atoms with van der Waals surface area (Å²) in [6, 6.07) is 7.05. The van der Waals surface area contributed by atoms with Crippen LogP contribution in [0.15, 0.2) is 29.2 Å². The summed E-state index contributed by atoms with van der Waals surface area (Å²) in [6.07, 6.45) is 6.53. The van der Waals surface area contributed by atoms with Crippen LogP contribution in [-0.4, -0.2) is 11.8 Å². The van der Waals surface area contributed by atoms with E-state index in [0.717, 1.165) is 16.6 Å². The van der Waals surface area contributed by atoms with E-state index in [2.05, 4.69) is 12.3 Å². The Bertz CT molecular complexity index is 396. The third-order valence-electron chi connectivity index (χ3n) is 4.43. The van der Waals surface area contributed by atoms with Gasteiger partial charge in [0.05, 0.1) is 0 Å². The summed E-state index contributed by atoms with van der Waals surface area (Å²) >= 11 is 1.76. The lowest BCUT2D eigenvalue weighted by Crippen LogP contribution is -2.44. The molecule has 1 aromatic carbocycles. The van der Waals surface area contributed by atoms with Crippen LogP contribution in [0.4, 0.5) is 4.39 Å². The monoisotopic (exact) mass is 296 g/mol. The molecular weight excluding hydrogens is 271 g/mol. The van der Waals surface area contributed by atoms with Crippen LogP contribution in [0, 0.1) is 17.7 Å². The molecule has 0 aliphatic heterocycles. The normalized spacial score (nSPS) is 24.6. The fourth-order valence-electron chi connectivity index (χ4n) is 3.11. The lowest BCUT2D eigenvalue weighted by Gasteiger charge is -2.33. The molecule has 2 rings (SSSR count). The number of halogens is 1. The molecule has 3 unspecified atom stereocenters. The zero-order valence-corrected chi connectivity index (χ0v) is 13.0. The average molecular weight is 296 g/mol. The lowest BCUT2D eigenvalue weighted by molar-refractivity contribution is 0.219. The van der Waals surface area contributed by atoms with E-state index in [4.69, 9.17) is 5.84 Å². The first-order chi connectivity index (χ1) is 9.72. The summed E-state index contributed by atoms with van der Waals surface area (Å²) in [5.41, 5.74) is 3.00. The largest absolute Gasteiger partial charge is 0.271 e. The van der Waals surface area contributed by atoms with Crippen molar-refractivity contribution in [3.8, 4) is 0 Å². The van der Waals surface area contributed by atoms with Crippen molar-refractivity contribution in [3.05, 3.63) is 30.1 Å². The molecule has 0 saturated heterocycles. The zero-order valence-electron chi connectivity index (χ0n) is 12.1. The second-order valence-electron chi connectivity index (χ2n) is 5.74. The lowest BCUT2D eigenvalue weighted by atomic mass is 9.77. The molecule has 0 bridgehead atoms. The van der Waals surface area contributed by atoms with Crippen LogP contribution in [0.5, 0.6) is 0 Å². The van der Waals surface area contributed by atoms with Gasteiger partial charge in [0.25, 0.3) is 0 Å². The summed E-state index contributed by atoms with van der Waals surface area (Å²) in [7, 11) is 0. The van der Waals surface area contributed by atoms with Crippen LogP contribution in [0.3, 0.4) is 0 Å². The van der Waals surface area contributed by atoms with Crippen molar-refractivity contribution in [2.45, 2.75) is 50.0 Å². The molecule has 112 valence electrons. The van der Waals surface area contributed by atoms with Gasteiger partial charge in [0.15, 0.2) is 0 Å². The minimum atomic E-state index is -0.180. The van der Waals surface area contributed by atoms with Crippen molar-refractivity contribution in [3.63, 3.8) is 0 Å². The molecular formula is C16H25FN2S. The van der Waals surface area contributed by atoms with Crippen LogP contribution in [0.25, 0.3) is 0 Å². The number of thioether (sulfide) groups is 1. The summed E-state index contributed by atoms with van der Waals surface area (Å²) < 4.78 is 12.9. The summed E-state index contributed by atoms with van der Waals surface area (Å²) in [4.78, 5) is 1.11. The number of nitrogens with two attached hydrogens (primary N) is 1. The molecule has 4 heteroatoms. The third kappa shape index (κ3) is 4.47. The van der Waals surface area contributed by atoms with Gasteiger partial charge in [0.1, 0.15) is 5.82 Å². The van der Waals surface area contributed by atoms with Crippen molar-refractivity contribution < 1.29 is 4.39 Å². The van der Waals surface area contributed by atoms with Gasteiger partial charge in [-0.25, -0.2) is 4.39 Å². The first-order valence-electron chi connectivity index (χ1n) is 7.57. The molecule has 2 nitrogen and oxygen atoms in total. The van der Waals surface area contributed by atoms with Gasteiger partial charge in [-0.2, -0.15) is 0 Å². The SMILES string of the molecule is CCC1CCCC(C(CSc2ccc(F)cc2)NN)C1. The van der Waals surface area contributed by atoms with Gasteiger partial charge in [-0.1, -0.05) is 26.2 Å². The Hall–Kier alpha value is -0.580. The molecule has 0 radical (unpaired) electrons. The Morgan fingerprint density at radius 3 is 2.75 bits per heavy atom. The van der Waals surface area contributed by atoms with Gasteiger partial charge in [-0.15, -0.1) is 11.8 Å². The summed E-state index contributed by atoms with van der Waals surface area (Å²) in [5.74, 6) is 8.06. The van der Waals surface area contributed by atoms with E-state index < -0.39 is 0 Å². The second kappa shape index (κ2) is 8.01. The Labute approximate surface area is 125 Å². The maximum absolute atomic E-state index is 12.9. The Balaban J connectivity index is 1.86. The van der Waals surface area contributed by atoms with E-state index >= 15 is 0 Å². The van der Waals surface area contributed by atoms with Crippen molar-refractivity contribution in [2.75, 3.05) is 5.75 Å². The number of benzene rings is 1.